The minimum atomic E-state index is 0.546. The highest BCUT2D eigenvalue weighted by Crippen LogP contribution is 2.41. The van der Waals surface area contributed by atoms with Gasteiger partial charge in [-0.25, -0.2) is 14.8 Å². The van der Waals surface area contributed by atoms with E-state index < -0.39 is 0 Å². The van der Waals surface area contributed by atoms with Crippen LogP contribution < -0.4 is 0 Å². The Morgan fingerprint density at radius 1 is 0.587 bits per heavy atom. The van der Waals surface area contributed by atoms with Gasteiger partial charge in [0, 0.05) is 22.0 Å². The number of fused-ring (bicyclic) bond motifs is 6. The highest BCUT2D eigenvalue weighted by atomic mass is 16.3. The summed E-state index contributed by atoms with van der Waals surface area (Å²) in [7, 11) is 0. The first-order valence-electron chi connectivity index (χ1n) is 15.1. The van der Waals surface area contributed by atoms with E-state index in [-0.39, 0.29) is 0 Å². The lowest BCUT2D eigenvalue weighted by atomic mass is 10.00. The van der Waals surface area contributed by atoms with Gasteiger partial charge in [-0.2, -0.15) is 0 Å². The van der Waals surface area contributed by atoms with Crippen LogP contribution in [-0.2, 0) is 0 Å². The summed E-state index contributed by atoms with van der Waals surface area (Å²) in [6.45, 7) is 7.58. The molecule has 214 valence electrons. The summed E-state index contributed by atoms with van der Waals surface area (Å²) in [6.07, 6.45) is 0. The fourth-order valence-corrected chi connectivity index (χ4v) is 6.58. The molecule has 0 saturated heterocycles. The molecule has 3 aromatic heterocycles. The van der Waals surface area contributed by atoms with Crippen molar-refractivity contribution in [3.05, 3.63) is 157 Å². The second-order valence-electron chi connectivity index (χ2n) is 11.3. The summed E-state index contributed by atoms with van der Waals surface area (Å²) in [5.74, 6) is 0.604. The molecule has 5 nitrogen and oxygen atoms in total. The van der Waals surface area contributed by atoms with Crippen molar-refractivity contribution in [3.63, 3.8) is 0 Å². The van der Waals surface area contributed by atoms with Gasteiger partial charge in [-0.1, -0.05) is 109 Å². The van der Waals surface area contributed by atoms with Crippen LogP contribution in [0.1, 0.15) is 0 Å². The maximum Gasteiger partial charge on any atom is 0.187 e. The lowest BCUT2D eigenvalue weighted by Gasteiger charge is -2.11. The van der Waals surface area contributed by atoms with Crippen LogP contribution in [-0.4, -0.2) is 14.5 Å². The molecule has 6 aromatic carbocycles. The zero-order chi connectivity index (χ0) is 30.6. The number of hydrogen-bond donors (Lipinski definition) is 0. The number of para-hydroxylation sites is 2. The van der Waals surface area contributed by atoms with E-state index in [9.17, 15) is 0 Å². The van der Waals surface area contributed by atoms with E-state index in [2.05, 4.69) is 88.3 Å². The first kappa shape index (κ1) is 25.9. The van der Waals surface area contributed by atoms with Gasteiger partial charge in [-0.3, -0.25) is 0 Å². The molecular formula is C41H24N4O. The fourth-order valence-electron chi connectivity index (χ4n) is 6.58. The van der Waals surface area contributed by atoms with Crippen LogP contribution in [0.4, 0.5) is 5.69 Å². The predicted molar refractivity (Wildman–Crippen MR) is 186 cm³/mol. The van der Waals surface area contributed by atoms with Crippen LogP contribution in [0, 0.1) is 6.57 Å². The molecule has 0 amide bonds. The largest absolute Gasteiger partial charge is 0.452 e. The van der Waals surface area contributed by atoms with Gasteiger partial charge in [0.2, 0.25) is 0 Å². The monoisotopic (exact) mass is 588 g/mol. The maximum atomic E-state index is 7.58. The lowest BCUT2D eigenvalue weighted by molar-refractivity contribution is 0.667. The number of furan rings is 1. The Balaban J connectivity index is 1.31. The molecule has 9 aromatic rings. The fraction of sp³-hybridized carbons (Fsp3) is 0. The molecule has 3 heterocycles. The van der Waals surface area contributed by atoms with Crippen molar-refractivity contribution in [2.75, 3.05) is 0 Å². The van der Waals surface area contributed by atoms with E-state index in [1.807, 2.05) is 60.7 Å². The van der Waals surface area contributed by atoms with E-state index in [1.165, 1.54) is 21.8 Å². The van der Waals surface area contributed by atoms with Crippen LogP contribution in [0.3, 0.4) is 0 Å². The van der Waals surface area contributed by atoms with E-state index in [0.717, 1.165) is 44.4 Å². The van der Waals surface area contributed by atoms with E-state index in [1.54, 1.807) is 6.07 Å². The summed E-state index contributed by atoms with van der Waals surface area (Å²) in [5, 5.41) is 3.39. The Labute approximate surface area is 264 Å². The van der Waals surface area contributed by atoms with Gasteiger partial charge in [0.05, 0.1) is 23.0 Å². The molecular weight excluding hydrogens is 564 g/mol. The van der Waals surface area contributed by atoms with E-state index >= 15 is 0 Å². The molecule has 0 fully saturated rings. The molecule has 0 spiro atoms. The molecule has 0 aliphatic heterocycles. The van der Waals surface area contributed by atoms with Gasteiger partial charge in [-0.15, -0.1) is 0 Å². The molecule has 0 saturated carbocycles. The Kier molecular flexibility index (Phi) is 5.81. The molecule has 0 radical (unpaired) electrons. The lowest BCUT2D eigenvalue weighted by Crippen LogP contribution is -1.95. The van der Waals surface area contributed by atoms with Crippen LogP contribution in [0.2, 0.25) is 0 Å². The summed E-state index contributed by atoms with van der Waals surface area (Å²) in [5.41, 5.74) is 10.5. The highest BCUT2D eigenvalue weighted by molar-refractivity contribution is 6.14. The van der Waals surface area contributed by atoms with Crippen molar-refractivity contribution in [3.8, 4) is 39.5 Å². The summed E-state index contributed by atoms with van der Waals surface area (Å²) in [4.78, 5) is 13.8. The van der Waals surface area contributed by atoms with Crippen LogP contribution in [0.15, 0.2) is 150 Å². The van der Waals surface area contributed by atoms with Gasteiger partial charge in [-0.05, 0) is 53.1 Å². The van der Waals surface area contributed by atoms with Crippen LogP contribution in [0.5, 0.6) is 0 Å². The van der Waals surface area contributed by atoms with Crippen molar-refractivity contribution in [1.82, 2.24) is 14.5 Å². The van der Waals surface area contributed by atoms with Gasteiger partial charge in [0.25, 0.3) is 0 Å². The quantitative estimate of drug-likeness (QED) is 0.192. The molecule has 5 heteroatoms. The van der Waals surface area contributed by atoms with Crippen molar-refractivity contribution in [1.29, 1.82) is 0 Å². The van der Waals surface area contributed by atoms with Gasteiger partial charge >= 0.3 is 0 Å². The van der Waals surface area contributed by atoms with Gasteiger partial charge < -0.3 is 8.98 Å². The summed E-state index contributed by atoms with van der Waals surface area (Å²) in [6, 6.07) is 49.4. The number of rotatable bonds is 4. The Bertz CT molecular complexity index is 2610. The third-order valence-electron chi connectivity index (χ3n) is 8.62. The normalized spacial score (nSPS) is 11.5. The average Bonchev–Trinajstić information content (AvgIpc) is 3.68. The third-order valence-corrected chi connectivity index (χ3v) is 8.62. The number of hydrogen-bond acceptors (Lipinski definition) is 3. The highest BCUT2D eigenvalue weighted by Gasteiger charge is 2.21. The van der Waals surface area contributed by atoms with Gasteiger partial charge in [0.15, 0.2) is 17.1 Å². The van der Waals surface area contributed by atoms with Crippen LogP contribution in [0.25, 0.3) is 88.2 Å². The molecule has 0 N–H and O–H groups in total. The predicted octanol–water partition coefficient (Wildman–Crippen LogP) is 11.0. The summed E-state index contributed by atoms with van der Waals surface area (Å²) >= 11 is 0. The topological polar surface area (TPSA) is 48.2 Å². The van der Waals surface area contributed by atoms with Gasteiger partial charge in [0.1, 0.15) is 16.8 Å². The minimum absolute atomic E-state index is 0.546. The third kappa shape index (κ3) is 4.02. The first-order chi connectivity index (χ1) is 22.8. The smallest absolute Gasteiger partial charge is 0.187 e. The Morgan fingerprint density at radius 2 is 1.26 bits per heavy atom. The molecule has 0 bridgehead atoms. The second-order valence-corrected chi connectivity index (χ2v) is 11.3. The number of benzene rings is 6. The second kappa shape index (κ2) is 10.3. The molecule has 0 unspecified atom stereocenters. The Hall–Kier alpha value is -6.51. The average molecular weight is 589 g/mol. The number of aromatic nitrogens is 3. The SMILES string of the molecule is [C-]#[N+]c1cccc(-c2nc(-c3ccccc3)nc3c2oc2cccc(-c4cccc(-n5c6ccccc6c6ccccc65)c4)c23)c1. The Morgan fingerprint density at radius 3 is 2.04 bits per heavy atom. The standard InChI is InChI=1S/C41H24N4O/c1-42-29-16-9-15-28(24-29)38-40-39(44-41(43-38)26-12-3-2-4-13-26)37-31(20-11-23-36(37)46-40)27-14-10-17-30(25-27)45-34-21-7-5-18-32(34)33-19-6-8-22-35(33)45/h2-25H. The molecule has 0 aliphatic carbocycles. The minimum Gasteiger partial charge on any atom is -0.452 e. The van der Waals surface area contributed by atoms with Crippen molar-refractivity contribution < 1.29 is 4.42 Å². The molecule has 9 rings (SSSR count). The summed E-state index contributed by atoms with van der Waals surface area (Å²) < 4.78 is 8.91. The zero-order valence-electron chi connectivity index (χ0n) is 24.6. The van der Waals surface area contributed by atoms with E-state index in [4.69, 9.17) is 21.0 Å². The maximum absolute atomic E-state index is 7.58. The van der Waals surface area contributed by atoms with Crippen LogP contribution >= 0.6 is 0 Å². The first-order valence-corrected chi connectivity index (χ1v) is 15.1. The molecule has 0 aliphatic rings. The van der Waals surface area contributed by atoms with Crippen molar-refractivity contribution in [2.45, 2.75) is 0 Å². The van der Waals surface area contributed by atoms with E-state index in [0.29, 0.717) is 22.8 Å². The van der Waals surface area contributed by atoms with Crippen molar-refractivity contribution in [2.24, 2.45) is 0 Å². The van der Waals surface area contributed by atoms with Crippen molar-refractivity contribution >= 4 is 49.6 Å². The molecule has 46 heavy (non-hydrogen) atoms. The molecule has 0 atom stereocenters. The zero-order valence-corrected chi connectivity index (χ0v) is 24.6. The number of nitrogens with zero attached hydrogens (tertiary/aromatic N) is 4.